The largest absolute Gasteiger partial charge is 0.495 e. The van der Waals surface area contributed by atoms with Gasteiger partial charge in [-0.2, -0.15) is 0 Å². The summed E-state index contributed by atoms with van der Waals surface area (Å²) in [6.45, 7) is 0. The van der Waals surface area contributed by atoms with E-state index < -0.39 is 0 Å². The lowest BCUT2D eigenvalue weighted by atomic mass is 10.2. The van der Waals surface area contributed by atoms with Gasteiger partial charge in [-0.05, 0) is 18.2 Å². The van der Waals surface area contributed by atoms with Gasteiger partial charge in [-0.25, -0.2) is 0 Å². The van der Waals surface area contributed by atoms with Gasteiger partial charge in [0, 0.05) is 5.69 Å². The summed E-state index contributed by atoms with van der Waals surface area (Å²) in [5, 5.41) is 2.90. The van der Waals surface area contributed by atoms with Crippen molar-refractivity contribution >= 4 is 33.2 Å². The molecular formula is C9H11BrN2O2. The van der Waals surface area contributed by atoms with Gasteiger partial charge in [-0.3, -0.25) is 4.79 Å². The Morgan fingerprint density at radius 2 is 2.36 bits per heavy atom. The Morgan fingerprint density at radius 3 is 2.93 bits per heavy atom. The van der Waals surface area contributed by atoms with E-state index in [9.17, 15) is 4.79 Å². The summed E-state index contributed by atoms with van der Waals surface area (Å²) in [4.78, 5) is 11.1. The molecule has 1 aromatic carbocycles. The number of nitrogen functional groups attached to an aromatic ring is 1. The molecule has 0 radical (unpaired) electrons. The number of alkyl halides is 1. The number of hydrogen-bond acceptors (Lipinski definition) is 3. The van der Waals surface area contributed by atoms with Gasteiger partial charge in [0.15, 0.2) is 0 Å². The highest BCUT2D eigenvalue weighted by Gasteiger charge is 2.06. The first-order valence-corrected chi connectivity index (χ1v) is 5.09. The number of nitrogens with one attached hydrogen (secondary N) is 1. The highest BCUT2D eigenvalue weighted by Crippen LogP contribution is 2.26. The van der Waals surface area contributed by atoms with Crippen LogP contribution in [0.15, 0.2) is 18.2 Å². The number of carbonyl (C=O) groups excluding carboxylic acids is 1. The molecule has 0 aromatic heterocycles. The number of hydrogen-bond donors (Lipinski definition) is 2. The Morgan fingerprint density at radius 1 is 1.64 bits per heavy atom. The van der Waals surface area contributed by atoms with E-state index in [1.165, 1.54) is 7.11 Å². The van der Waals surface area contributed by atoms with Crippen LogP contribution in [0, 0.1) is 0 Å². The molecule has 0 saturated heterocycles. The normalized spacial score (nSPS) is 9.57. The molecular weight excluding hydrogens is 248 g/mol. The van der Waals surface area contributed by atoms with Crippen LogP contribution in [-0.4, -0.2) is 18.3 Å². The number of halogens is 1. The standard InChI is InChI=1S/C9H11BrN2O2/c1-14-8-3-2-6(11)4-7(8)12-9(13)5-10/h2-4H,5,11H2,1H3,(H,12,13). The van der Waals surface area contributed by atoms with Crippen molar-refractivity contribution in [3.8, 4) is 5.75 Å². The number of methoxy groups -OCH3 is 1. The molecule has 0 aliphatic carbocycles. The summed E-state index contributed by atoms with van der Waals surface area (Å²) < 4.78 is 5.06. The Hall–Kier alpha value is -1.23. The van der Waals surface area contributed by atoms with Crippen molar-refractivity contribution in [3.63, 3.8) is 0 Å². The van der Waals surface area contributed by atoms with Gasteiger partial charge < -0.3 is 15.8 Å². The van der Waals surface area contributed by atoms with Gasteiger partial charge in [0.25, 0.3) is 0 Å². The minimum atomic E-state index is -0.145. The molecule has 14 heavy (non-hydrogen) atoms. The first-order valence-electron chi connectivity index (χ1n) is 3.96. The number of benzene rings is 1. The van der Waals surface area contributed by atoms with Crippen LogP contribution < -0.4 is 15.8 Å². The van der Waals surface area contributed by atoms with Gasteiger partial charge >= 0.3 is 0 Å². The SMILES string of the molecule is COc1ccc(N)cc1NC(=O)CBr. The number of amides is 1. The van der Waals surface area contributed by atoms with Crippen molar-refractivity contribution in [2.75, 3.05) is 23.5 Å². The van der Waals surface area contributed by atoms with E-state index in [-0.39, 0.29) is 11.2 Å². The Labute approximate surface area is 90.6 Å². The monoisotopic (exact) mass is 258 g/mol. The van der Waals surface area contributed by atoms with Gasteiger partial charge in [-0.15, -0.1) is 0 Å². The topological polar surface area (TPSA) is 64.3 Å². The molecule has 76 valence electrons. The lowest BCUT2D eigenvalue weighted by molar-refractivity contribution is -0.113. The van der Waals surface area contributed by atoms with Crippen molar-refractivity contribution in [1.29, 1.82) is 0 Å². The molecule has 1 amide bonds. The van der Waals surface area contributed by atoms with Gasteiger partial charge in [-0.1, -0.05) is 15.9 Å². The molecule has 3 N–H and O–H groups in total. The minimum absolute atomic E-state index is 0.145. The van der Waals surface area contributed by atoms with Gasteiger partial charge in [0.2, 0.25) is 5.91 Å². The first kappa shape index (κ1) is 10.8. The molecule has 0 unspecified atom stereocenters. The van der Waals surface area contributed by atoms with Crippen LogP contribution in [0.3, 0.4) is 0 Å². The fourth-order valence-corrected chi connectivity index (χ4v) is 1.15. The number of nitrogens with two attached hydrogens (primary N) is 1. The van der Waals surface area contributed by atoms with E-state index in [0.29, 0.717) is 17.1 Å². The molecule has 1 aromatic rings. The van der Waals surface area contributed by atoms with Crippen LogP contribution in [0.4, 0.5) is 11.4 Å². The third kappa shape index (κ3) is 2.63. The van der Waals surface area contributed by atoms with Crippen molar-refractivity contribution in [3.05, 3.63) is 18.2 Å². The smallest absolute Gasteiger partial charge is 0.235 e. The molecule has 4 nitrogen and oxygen atoms in total. The highest BCUT2D eigenvalue weighted by atomic mass is 79.9. The summed E-state index contributed by atoms with van der Waals surface area (Å²) in [5.41, 5.74) is 6.74. The zero-order chi connectivity index (χ0) is 10.6. The summed E-state index contributed by atoms with van der Waals surface area (Å²) in [6, 6.07) is 5.07. The molecule has 0 fully saturated rings. The average Bonchev–Trinajstić information content (AvgIpc) is 2.18. The second kappa shape index (κ2) is 4.85. The van der Waals surface area contributed by atoms with E-state index in [2.05, 4.69) is 21.2 Å². The maximum absolute atomic E-state index is 11.1. The second-order valence-electron chi connectivity index (χ2n) is 2.64. The van der Waals surface area contributed by atoms with E-state index in [1.807, 2.05) is 0 Å². The lowest BCUT2D eigenvalue weighted by Gasteiger charge is -2.09. The molecule has 0 aliphatic heterocycles. The highest BCUT2D eigenvalue weighted by molar-refractivity contribution is 9.09. The van der Waals surface area contributed by atoms with Crippen LogP contribution in [-0.2, 0) is 4.79 Å². The fraction of sp³-hybridized carbons (Fsp3) is 0.222. The van der Waals surface area contributed by atoms with Crippen molar-refractivity contribution in [2.24, 2.45) is 0 Å². The number of ether oxygens (including phenoxy) is 1. The maximum atomic E-state index is 11.1. The van der Waals surface area contributed by atoms with Crippen molar-refractivity contribution in [1.82, 2.24) is 0 Å². The quantitative estimate of drug-likeness (QED) is 0.640. The molecule has 0 atom stereocenters. The third-order valence-electron chi connectivity index (χ3n) is 1.62. The van der Waals surface area contributed by atoms with Crippen LogP contribution in [0.1, 0.15) is 0 Å². The van der Waals surface area contributed by atoms with E-state index in [1.54, 1.807) is 18.2 Å². The van der Waals surface area contributed by atoms with Gasteiger partial charge in [0.1, 0.15) is 5.75 Å². The van der Waals surface area contributed by atoms with Crippen LogP contribution in [0.2, 0.25) is 0 Å². The zero-order valence-electron chi connectivity index (χ0n) is 7.71. The third-order valence-corrected chi connectivity index (χ3v) is 2.13. The number of carbonyl (C=O) groups is 1. The van der Waals surface area contributed by atoms with E-state index >= 15 is 0 Å². The van der Waals surface area contributed by atoms with Gasteiger partial charge in [0.05, 0.1) is 18.1 Å². The first-order chi connectivity index (χ1) is 6.67. The molecule has 5 heteroatoms. The summed E-state index contributed by atoms with van der Waals surface area (Å²) >= 11 is 3.05. The Kier molecular flexibility index (Phi) is 3.76. The predicted octanol–water partition coefficient (Wildman–Crippen LogP) is 1.61. The molecule has 0 spiro atoms. The summed E-state index contributed by atoms with van der Waals surface area (Å²) in [7, 11) is 1.54. The predicted molar refractivity (Wildman–Crippen MR) is 59.8 cm³/mol. The Bertz CT molecular complexity index is 342. The molecule has 0 bridgehead atoms. The Balaban J connectivity index is 2.93. The zero-order valence-corrected chi connectivity index (χ0v) is 9.30. The molecule has 0 heterocycles. The minimum Gasteiger partial charge on any atom is -0.495 e. The number of rotatable bonds is 3. The van der Waals surface area contributed by atoms with E-state index in [0.717, 1.165) is 0 Å². The average molecular weight is 259 g/mol. The molecule has 0 aliphatic rings. The number of anilines is 2. The maximum Gasteiger partial charge on any atom is 0.235 e. The second-order valence-corrected chi connectivity index (χ2v) is 3.20. The fourth-order valence-electron chi connectivity index (χ4n) is 1.01. The van der Waals surface area contributed by atoms with E-state index in [4.69, 9.17) is 10.5 Å². The molecule has 0 saturated carbocycles. The van der Waals surface area contributed by atoms with Crippen LogP contribution in [0.25, 0.3) is 0 Å². The van der Waals surface area contributed by atoms with Crippen molar-refractivity contribution in [2.45, 2.75) is 0 Å². The molecule has 1 rings (SSSR count). The summed E-state index contributed by atoms with van der Waals surface area (Å²) in [6.07, 6.45) is 0. The van der Waals surface area contributed by atoms with Crippen molar-refractivity contribution < 1.29 is 9.53 Å². The van der Waals surface area contributed by atoms with Crippen LogP contribution in [0.5, 0.6) is 5.75 Å². The van der Waals surface area contributed by atoms with Crippen LogP contribution >= 0.6 is 15.9 Å². The summed E-state index contributed by atoms with van der Waals surface area (Å²) in [5.74, 6) is 0.447. The lowest BCUT2D eigenvalue weighted by Crippen LogP contribution is -2.13.